The normalized spacial score (nSPS) is 14.0. The summed E-state index contributed by atoms with van der Waals surface area (Å²) < 4.78 is 10.7. The van der Waals surface area contributed by atoms with E-state index in [2.05, 4.69) is 25.2 Å². The highest BCUT2D eigenvalue weighted by Gasteiger charge is 2.17. The molecule has 0 saturated carbocycles. The van der Waals surface area contributed by atoms with Crippen LogP contribution in [0.1, 0.15) is 0 Å². The third kappa shape index (κ3) is 4.09. The van der Waals surface area contributed by atoms with Crippen LogP contribution in [0.5, 0.6) is 5.75 Å². The predicted molar refractivity (Wildman–Crippen MR) is 107 cm³/mol. The van der Waals surface area contributed by atoms with E-state index in [9.17, 15) is 0 Å². The molecule has 1 saturated heterocycles. The Balaban J connectivity index is 1.71. The van der Waals surface area contributed by atoms with Crippen molar-refractivity contribution in [1.29, 1.82) is 0 Å². The summed E-state index contributed by atoms with van der Waals surface area (Å²) in [5, 5.41) is 3.23. The van der Waals surface area contributed by atoms with Gasteiger partial charge >= 0.3 is 0 Å². The van der Waals surface area contributed by atoms with Gasteiger partial charge in [-0.3, -0.25) is 0 Å². The van der Waals surface area contributed by atoms with Gasteiger partial charge in [0, 0.05) is 43.2 Å². The Morgan fingerprint density at radius 3 is 2.68 bits per heavy atom. The molecule has 4 rings (SSSR count). The second-order valence-electron chi connectivity index (χ2n) is 6.22. The van der Waals surface area contributed by atoms with Crippen molar-refractivity contribution in [3.8, 4) is 17.0 Å². The van der Waals surface area contributed by atoms with E-state index in [1.54, 1.807) is 37.7 Å². The molecule has 1 aliphatic rings. The number of nitrogens with two attached hydrogens (primary N) is 1. The highest BCUT2D eigenvalue weighted by Crippen LogP contribution is 2.25. The number of nitrogens with zero attached hydrogens (tertiary/aromatic N) is 5. The number of pyridine rings is 2. The topological polar surface area (TPSA) is 111 Å². The molecule has 0 unspecified atom stereocenters. The maximum Gasteiger partial charge on any atom is 0.228 e. The Hall–Kier alpha value is -3.46. The van der Waals surface area contributed by atoms with E-state index in [-0.39, 0.29) is 0 Å². The summed E-state index contributed by atoms with van der Waals surface area (Å²) in [6, 6.07) is 9.10. The van der Waals surface area contributed by atoms with Crippen LogP contribution in [0.2, 0.25) is 0 Å². The Labute approximate surface area is 162 Å². The van der Waals surface area contributed by atoms with Crippen LogP contribution in [0.3, 0.4) is 0 Å². The molecule has 0 atom stereocenters. The van der Waals surface area contributed by atoms with E-state index in [4.69, 9.17) is 20.2 Å². The van der Waals surface area contributed by atoms with Gasteiger partial charge in [-0.2, -0.15) is 4.98 Å². The number of morpholine rings is 1. The highest BCUT2D eigenvalue weighted by atomic mass is 16.5. The second kappa shape index (κ2) is 8.05. The van der Waals surface area contributed by atoms with Crippen LogP contribution in [0.15, 0.2) is 42.7 Å². The summed E-state index contributed by atoms with van der Waals surface area (Å²) in [7, 11) is 1.62. The monoisotopic (exact) mass is 379 g/mol. The maximum atomic E-state index is 5.71. The molecule has 9 heteroatoms. The van der Waals surface area contributed by atoms with Gasteiger partial charge in [0.05, 0.1) is 26.0 Å². The smallest absolute Gasteiger partial charge is 0.228 e. The fraction of sp³-hybridized carbons (Fsp3) is 0.263. The van der Waals surface area contributed by atoms with Gasteiger partial charge in [-0.1, -0.05) is 0 Å². The van der Waals surface area contributed by atoms with Crippen LogP contribution in [0, 0.1) is 0 Å². The molecule has 0 radical (unpaired) electrons. The van der Waals surface area contributed by atoms with Gasteiger partial charge in [0.25, 0.3) is 0 Å². The largest absolute Gasteiger partial charge is 0.497 e. The minimum Gasteiger partial charge on any atom is -0.497 e. The number of nitrogen functional groups attached to an aromatic ring is 1. The van der Waals surface area contributed by atoms with Crippen molar-refractivity contribution < 1.29 is 9.47 Å². The molecule has 3 N–H and O–H groups in total. The van der Waals surface area contributed by atoms with Gasteiger partial charge in [-0.25, -0.2) is 15.0 Å². The summed E-state index contributed by atoms with van der Waals surface area (Å²) in [6.45, 7) is 2.77. The molecule has 1 aliphatic heterocycles. The maximum absolute atomic E-state index is 5.71. The van der Waals surface area contributed by atoms with E-state index in [1.165, 1.54) is 0 Å². The zero-order valence-corrected chi connectivity index (χ0v) is 15.5. The number of nitrogens with one attached hydrogen (secondary N) is 1. The zero-order chi connectivity index (χ0) is 19.3. The Kier molecular flexibility index (Phi) is 5.16. The minimum absolute atomic E-state index is 0.463. The van der Waals surface area contributed by atoms with Crippen LogP contribution >= 0.6 is 0 Å². The van der Waals surface area contributed by atoms with Gasteiger partial charge in [0.2, 0.25) is 5.95 Å². The molecule has 0 spiro atoms. The molecule has 4 heterocycles. The van der Waals surface area contributed by atoms with Gasteiger partial charge < -0.3 is 25.4 Å². The molecule has 0 amide bonds. The number of ether oxygens (including phenoxy) is 2. The number of hydrogen-bond donors (Lipinski definition) is 2. The Bertz CT molecular complexity index is 943. The third-order valence-electron chi connectivity index (χ3n) is 4.31. The molecule has 3 aromatic rings. The van der Waals surface area contributed by atoms with Crippen LogP contribution in [-0.4, -0.2) is 53.3 Å². The lowest BCUT2D eigenvalue weighted by Crippen LogP contribution is -2.37. The summed E-state index contributed by atoms with van der Waals surface area (Å²) in [6.07, 6.45) is 3.38. The van der Waals surface area contributed by atoms with E-state index in [0.29, 0.717) is 42.4 Å². The zero-order valence-electron chi connectivity index (χ0n) is 15.5. The minimum atomic E-state index is 0.463. The second-order valence-corrected chi connectivity index (χ2v) is 6.22. The van der Waals surface area contributed by atoms with Crippen molar-refractivity contribution in [2.75, 3.05) is 49.4 Å². The molecular weight excluding hydrogens is 358 g/mol. The van der Waals surface area contributed by atoms with Gasteiger partial charge in [-0.15, -0.1) is 0 Å². The van der Waals surface area contributed by atoms with E-state index < -0.39 is 0 Å². The third-order valence-corrected chi connectivity index (χ3v) is 4.31. The first-order valence-corrected chi connectivity index (χ1v) is 8.92. The summed E-state index contributed by atoms with van der Waals surface area (Å²) >= 11 is 0. The molecule has 0 bridgehead atoms. The molecule has 0 aliphatic carbocycles. The number of methoxy groups -OCH3 is 1. The average molecular weight is 379 g/mol. The summed E-state index contributed by atoms with van der Waals surface area (Å²) in [5.41, 5.74) is 7.31. The first-order chi connectivity index (χ1) is 13.7. The molecule has 1 fully saturated rings. The van der Waals surface area contributed by atoms with Crippen molar-refractivity contribution in [3.63, 3.8) is 0 Å². The van der Waals surface area contributed by atoms with Crippen molar-refractivity contribution in [2.45, 2.75) is 0 Å². The summed E-state index contributed by atoms with van der Waals surface area (Å²) in [4.78, 5) is 20.0. The molecule has 0 aromatic carbocycles. The van der Waals surface area contributed by atoms with E-state index in [1.807, 2.05) is 12.1 Å². The Morgan fingerprint density at radius 2 is 1.93 bits per heavy atom. The van der Waals surface area contributed by atoms with Crippen molar-refractivity contribution in [1.82, 2.24) is 19.9 Å². The lowest BCUT2D eigenvalue weighted by molar-refractivity contribution is 0.122. The number of rotatable bonds is 5. The molecular formula is C19H21N7O2. The van der Waals surface area contributed by atoms with Crippen molar-refractivity contribution in [2.24, 2.45) is 0 Å². The number of aromatic nitrogens is 4. The average Bonchev–Trinajstić information content (AvgIpc) is 2.75. The molecule has 28 heavy (non-hydrogen) atoms. The van der Waals surface area contributed by atoms with Crippen LogP contribution in [0.25, 0.3) is 11.3 Å². The molecule has 3 aromatic heterocycles. The van der Waals surface area contributed by atoms with Crippen LogP contribution in [-0.2, 0) is 4.74 Å². The quantitative estimate of drug-likeness (QED) is 0.688. The fourth-order valence-corrected chi connectivity index (χ4v) is 2.85. The predicted octanol–water partition coefficient (Wildman–Crippen LogP) is 2.10. The van der Waals surface area contributed by atoms with Crippen LogP contribution in [0.4, 0.5) is 23.4 Å². The fourth-order valence-electron chi connectivity index (χ4n) is 2.85. The van der Waals surface area contributed by atoms with Crippen molar-refractivity contribution in [3.05, 3.63) is 42.7 Å². The Morgan fingerprint density at radius 1 is 1.07 bits per heavy atom. The SMILES string of the molecule is COc1ccnc(Nc2cc(-c3ccc(N)nc3)nc(N3CCOCC3)n2)c1. The molecule has 9 nitrogen and oxygen atoms in total. The standard InChI is InChI=1S/C19H21N7O2/c1-27-14-4-5-21-17(10-14)24-18-11-15(13-2-3-16(20)22-12-13)23-19(25-18)26-6-8-28-9-7-26/h2-5,10-12H,6-9H2,1H3,(H2,20,22)(H,21,23,24,25). The first-order valence-electron chi connectivity index (χ1n) is 8.92. The van der Waals surface area contributed by atoms with Gasteiger partial charge in [0.15, 0.2) is 0 Å². The lowest BCUT2D eigenvalue weighted by atomic mass is 10.2. The van der Waals surface area contributed by atoms with E-state index >= 15 is 0 Å². The molecule has 144 valence electrons. The first kappa shape index (κ1) is 17.9. The van der Waals surface area contributed by atoms with E-state index in [0.717, 1.165) is 24.3 Å². The van der Waals surface area contributed by atoms with Gasteiger partial charge in [0.1, 0.15) is 23.2 Å². The van der Waals surface area contributed by atoms with Gasteiger partial charge in [-0.05, 0) is 18.2 Å². The lowest BCUT2D eigenvalue weighted by Gasteiger charge is -2.27. The summed E-state index contributed by atoms with van der Waals surface area (Å²) in [5.74, 6) is 3.06. The van der Waals surface area contributed by atoms with Crippen LogP contribution < -0.4 is 20.7 Å². The number of hydrogen-bond acceptors (Lipinski definition) is 9. The van der Waals surface area contributed by atoms with Crippen molar-refractivity contribution >= 4 is 23.4 Å². The number of anilines is 4. The highest BCUT2D eigenvalue weighted by molar-refractivity contribution is 5.67.